The molecule has 1 unspecified atom stereocenters. The summed E-state index contributed by atoms with van der Waals surface area (Å²) in [7, 11) is 3.52. The van der Waals surface area contributed by atoms with Gasteiger partial charge in [0, 0.05) is 37.2 Å². The fraction of sp³-hybridized carbons (Fsp3) is 0.524. The number of carbonyl (C=O) groups is 1. The van der Waals surface area contributed by atoms with Gasteiger partial charge in [-0.05, 0) is 38.7 Å². The molecule has 2 aliphatic rings. The number of rotatable bonds is 6. The van der Waals surface area contributed by atoms with E-state index in [0.717, 1.165) is 42.8 Å². The van der Waals surface area contributed by atoms with Crippen molar-refractivity contribution in [1.29, 1.82) is 0 Å². The van der Waals surface area contributed by atoms with Gasteiger partial charge in [-0.2, -0.15) is 0 Å². The van der Waals surface area contributed by atoms with E-state index in [1.165, 1.54) is 0 Å². The Kier molecular flexibility index (Phi) is 5.36. The van der Waals surface area contributed by atoms with Crippen LogP contribution in [0.5, 0.6) is 5.75 Å². The molecule has 8 heteroatoms. The first-order valence-corrected chi connectivity index (χ1v) is 9.97. The molecule has 0 radical (unpaired) electrons. The van der Waals surface area contributed by atoms with Crippen LogP contribution in [-0.2, 0) is 22.4 Å². The summed E-state index contributed by atoms with van der Waals surface area (Å²) in [4.78, 5) is 28.5. The van der Waals surface area contributed by atoms with E-state index >= 15 is 0 Å². The van der Waals surface area contributed by atoms with Gasteiger partial charge in [0.1, 0.15) is 17.3 Å². The molecule has 2 aromatic heterocycles. The number of anilines is 1. The van der Waals surface area contributed by atoms with Crippen LogP contribution < -0.4 is 15.0 Å². The Morgan fingerprint density at radius 1 is 1.38 bits per heavy atom. The first-order chi connectivity index (χ1) is 14.0. The highest BCUT2D eigenvalue weighted by molar-refractivity contribution is 5.82. The zero-order valence-corrected chi connectivity index (χ0v) is 17.2. The van der Waals surface area contributed by atoms with Crippen LogP contribution in [0.25, 0.3) is 11.5 Å². The van der Waals surface area contributed by atoms with Gasteiger partial charge in [-0.3, -0.25) is 9.78 Å². The summed E-state index contributed by atoms with van der Waals surface area (Å²) in [6.45, 7) is 3.48. The lowest BCUT2D eigenvalue weighted by Gasteiger charge is -2.26. The Labute approximate surface area is 170 Å². The number of nitrogens with one attached hydrogen (secondary N) is 1. The Bertz CT molecular complexity index is 911. The molecule has 0 bridgehead atoms. The van der Waals surface area contributed by atoms with Crippen molar-refractivity contribution in [2.24, 2.45) is 0 Å². The maximum Gasteiger partial charge on any atom is 0.240 e. The van der Waals surface area contributed by atoms with Crippen LogP contribution in [-0.4, -0.2) is 60.3 Å². The maximum absolute atomic E-state index is 12.6. The quantitative estimate of drug-likeness (QED) is 0.794. The van der Waals surface area contributed by atoms with E-state index in [2.05, 4.69) is 10.3 Å². The zero-order valence-electron chi connectivity index (χ0n) is 17.2. The lowest BCUT2D eigenvalue weighted by Crippen LogP contribution is -2.49. The van der Waals surface area contributed by atoms with Crippen molar-refractivity contribution in [2.45, 2.75) is 38.1 Å². The second-order valence-corrected chi connectivity index (χ2v) is 8.00. The van der Waals surface area contributed by atoms with Crippen LogP contribution in [0.15, 0.2) is 18.3 Å². The molecule has 0 saturated carbocycles. The average molecular weight is 397 g/mol. The third-order valence-corrected chi connectivity index (χ3v) is 5.51. The van der Waals surface area contributed by atoms with Crippen LogP contribution in [0.2, 0.25) is 0 Å². The third kappa shape index (κ3) is 4.17. The molecule has 1 fully saturated rings. The fourth-order valence-electron chi connectivity index (χ4n) is 3.94. The fourth-order valence-corrected chi connectivity index (χ4v) is 3.94. The smallest absolute Gasteiger partial charge is 0.240 e. The van der Waals surface area contributed by atoms with Gasteiger partial charge < -0.3 is 19.7 Å². The highest BCUT2D eigenvalue weighted by Gasteiger charge is 2.32. The molecule has 2 aromatic rings. The molecule has 0 spiro atoms. The number of carbonyl (C=O) groups excluding carboxylic acids is 1. The lowest BCUT2D eigenvalue weighted by molar-refractivity contribution is -0.121. The van der Waals surface area contributed by atoms with E-state index in [-0.39, 0.29) is 18.0 Å². The summed E-state index contributed by atoms with van der Waals surface area (Å²) in [6, 6.07) is 3.62. The second kappa shape index (κ2) is 7.94. The number of aromatic nitrogens is 3. The van der Waals surface area contributed by atoms with Crippen molar-refractivity contribution < 1.29 is 14.3 Å². The second-order valence-electron chi connectivity index (χ2n) is 8.00. The highest BCUT2D eigenvalue weighted by atomic mass is 16.5. The number of hydrogen-bond donors (Lipinski definition) is 1. The van der Waals surface area contributed by atoms with Crippen molar-refractivity contribution in [3.63, 3.8) is 0 Å². The van der Waals surface area contributed by atoms with Crippen molar-refractivity contribution in [3.8, 4) is 17.3 Å². The SMILES string of the molecule is COc1ccnc(-c2nc3c(c(N(C)CC(=O)NC4(C)CCOC4)n2)CCC3)c1. The molecular formula is C21H27N5O3. The van der Waals surface area contributed by atoms with Gasteiger partial charge in [0.25, 0.3) is 0 Å². The molecule has 8 nitrogen and oxygen atoms in total. The van der Waals surface area contributed by atoms with Gasteiger partial charge in [-0.1, -0.05) is 0 Å². The van der Waals surface area contributed by atoms with E-state index in [4.69, 9.17) is 19.4 Å². The Balaban J connectivity index is 1.59. The summed E-state index contributed by atoms with van der Waals surface area (Å²) in [6.07, 6.45) is 5.40. The topological polar surface area (TPSA) is 89.5 Å². The predicted octanol–water partition coefficient (Wildman–Crippen LogP) is 1.77. The summed E-state index contributed by atoms with van der Waals surface area (Å²) in [5, 5.41) is 3.11. The van der Waals surface area contributed by atoms with Crippen molar-refractivity contribution in [2.75, 3.05) is 38.8 Å². The van der Waals surface area contributed by atoms with E-state index in [9.17, 15) is 4.79 Å². The summed E-state index contributed by atoms with van der Waals surface area (Å²) < 4.78 is 10.7. The first-order valence-electron chi connectivity index (χ1n) is 9.97. The lowest BCUT2D eigenvalue weighted by atomic mass is 10.0. The van der Waals surface area contributed by atoms with Crippen molar-refractivity contribution in [1.82, 2.24) is 20.3 Å². The summed E-state index contributed by atoms with van der Waals surface area (Å²) in [5.41, 5.74) is 2.54. The Morgan fingerprint density at radius 2 is 2.24 bits per heavy atom. The maximum atomic E-state index is 12.6. The average Bonchev–Trinajstić information content (AvgIpc) is 3.35. The third-order valence-electron chi connectivity index (χ3n) is 5.51. The molecule has 29 heavy (non-hydrogen) atoms. The van der Waals surface area contributed by atoms with Crippen LogP contribution in [0.3, 0.4) is 0 Å². The molecule has 1 atom stereocenters. The summed E-state index contributed by atoms with van der Waals surface area (Å²) in [5.74, 6) is 2.03. The number of likely N-dealkylation sites (N-methyl/N-ethyl adjacent to an activating group) is 1. The van der Waals surface area contributed by atoms with Gasteiger partial charge in [0.05, 0.1) is 25.8 Å². The largest absolute Gasteiger partial charge is 0.497 e. The molecule has 1 aliphatic heterocycles. The molecule has 1 aliphatic carbocycles. The van der Waals surface area contributed by atoms with Crippen molar-refractivity contribution >= 4 is 11.7 Å². The number of methoxy groups -OCH3 is 1. The molecule has 0 aromatic carbocycles. The zero-order chi connectivity index (χ0) is 20.4. The Morgan fingerprint density at radius 3 is 3.00 bits per heavy atom. The van der Waals surface area contributed by atoms with E-state index in [1.54, 1.807) is 19.4 Å². The van der Waals surface area contributed by atoms with E-state index < -0.39 is 0 Å². The monoisotopic (exact) mass is 397 g/mol. The Hall–Kier alpha value is -2.74. The van der Waals surface area contributed by atoms with Gasteiger partial charge >= 0.3 is 0 Å². The molecule has 154 valence electrons. The van der Waals surface area contributed by atoms with Crippen LogP contribution in [0.4, 0.5) is 5.82 Å². The molecule has 4 rings (SSSR count). The minimum atomic E-state index is -0.290. The standard InChI is InChI=1S/C21H27N5O3/c1-21(8-10-29-13-21)25-18(27)12-26(2)20-15-5-4-6-16(15)23-19(24-20)17-11-14(28-3)7-9-22-17/h7,9,11H,4-6,8,10,12-13H2,1-3H3,(H,25,27). The van der Waals surface area contributed by atoms with E-state index in [1.807, 2.05) is 24.9 Å². The van der Waals surface area contributed by atoms with E-state index in [0.29, 0.717) is 30.5 Å². The minimum absolute atomic E-state index is 0.0353. The van der Waals surface area contributed by atoms with Gasteiger partial charge in [-0.25, -0.2) is 9.97 Å². The molecule has 1 amide bonds. The van der Waals surface area contributed by atoms with Crippen molar-refractivity contribution in [3.05, 3.63) is 29.6 Å². The molecule has 1 saturated heterocycles. The number of ether oxygens (including phenoxy) is 2. The minimum Gasteiger partial charge on any atom is -0.497 e. The first kappa shape index (κ1) is 19.6. The van der Waals surface area contributed by atoms with Crippen LogP contribution in [0, 0.1) is 0 Å². The number of pyridine rings is 1. The van der Waals surface area contributed by atoms with Gasteiger partial charge in [0.2, 0.25) is 5.91 Å². The van der Waals surface area contributed by atoms with Crippen LogP contribution in [0.1, 0.15) is 31.0 Å². The predicted molar refractivity (Wildman–Crippen MR) is 109 cm³/mol. The highest BCUT2D eigenvalue weighted by Crippen LogP contribution is 2.31. The number of nitrogens with zero attached hydrogens (tertiary/aromatic N) is 4. The normalized spacial score (nSPS) is 20.4. The summed E-state index contributed by atoms with van der Waals surface area (Å²) >= 11 is 0. The van der Waals surface area contributed by atoms with Crippen LogP contribution >= 0.6 is 0 Å². The molecule has 1 N–H and O–H groups in total. The number of amides is 1. The van der Waals surface area contributed by atoms with Gasteiger partial charge in [-0.15, -0.1) is 0 Å². The number of hydrogen-bond acceptors (Lipinski definition) is 7. The number of aryl methyl sites for hydroxylation is 1. The molecule has 3 heterocycles. The number of fused-ring (bicyclic) bond motifs is 1. The van der Waals surface area contributed by atoms with Gasteiger partial charge in [0.15, 0.2) is 5.82 Å². The molecular weight excluding hydrogens is 370 g/mol.